The van der Waals surface area contributed by atoms with E-state index in [1.165, 1.54) is 30.5 Å². The monoisotopic (exact) mass is 455 g/mol. The Kier molecular flexibility index (Phi) is 8.09. The van der Waals surface area contributed by atoms with Gasteiger partial charge in [0.05, 0.1) is 5.16 Å². The molecule has 0 aliphatic carbocycles. The van der Waals surface area contributed by atoms with Crippen molar-refractivity contribution in [1.29, 1.82) is 0 Å². The Labute approximate surface area is 190 Å². The van der Waals surface area contributed by atoms with Gasteiger partial charge < -0.3 is 0 Å². The maximum atomic E-state index is 14.7. The summed E-state index contributed by atoms with van der Waals surface area (Å²) < 4.78 is 57.2. The van der Waals surface area contributed by atoms with Gasteiger partial charge in [-0.15, -0.1) is 0 Å². The highest BCUT2D eigenvalue weighted by molar-refractivity contribution is 7.78. The average Bonchev–Trinajstić information content (AvgIpc) is 2.81. The van der Waals surface area contributed by atoms with E-state index in [1.54, 1.807) is 12.1 Å². The standard InChI is InChI=1S/C26H21F4NS/c1-2-3-4-5-17-6-8-18(9-7-17)19-10-12-20(13-11-19)24(29)25(30)21-14-22(27)26(31-16-32)23(28)15-21/h6-15H,2-5H2,1H3/b25-24+. The van der Waals surface area contributed by atoms with Crippen molar-refractivity contribution in [1.82, 2.24) is 0 Å². The van der Waals surface area contributed by atoms with E-state index in [0.29, 0.717) is 12.1 Å². The van der Waals surface area contributed by atoms with E-state index in [-0.39, 0.29) is 5.56 Å². The fraction of sp³-hybridized carbons (Fsp3) is 0.192. The van der Waals surface area contributed by atoms with Crippen molar-refractivity contribution >= 4 is 34.7 Å². The minimum atomic E-state index is -1.37. The molecule has 0 radical (unpaired) electrons. The Hall–Kier alpha value is -3.08. The van der Waals surface area contributed by atoms with Gasteiger partial charge in [-0.25, -0.2) is 17.6 Å². The Balaban J connectivity index is 1.82. The molecule has 0 saturated carbocycles. The van der Waals surface area contributed by atoms with Gasteiger partial charge in [-0.05, 0) is 53.9 Å². The van der Waals surface area contributed by atoms with Gasteiger partial charge in [0.25, 0.3) is 0 Å². The van der Waals surface area contributed by atoms with E-state index < -0.39 is 34.5 Å². The van der Waals surface area contributed by atoms with Crippen LogP contribution in [0.15, 0.2) is 65.7 Å². The summed E-state index contributed by atoms with van der Waals surface area (Å²) >= 11 is 4.32. The first-order chi connectivity index (χ1) is 15.4. The first kappa shape index (κ1) is 23.6. The second-order valence-electron chi connectivity index (χ2n) is 7.35. The lowest BCUT2D eigenvalue weighted by atomic mass is 10.00. The van der Waals surface area contributed by atoms with Crippen LogP contribution in [0, 0.1) is 11.6 Å². The quantitative estimate of drug-likeness (QED) is 0.109. The third-order valence-electron chi connectivity index (χ3n) is 5.12. The molecule has 1 nitrogen and oxygen atoms in total. The third-order valence-corrected chi connectivity index (χ3v) is 5.21. The van der Waals surface area contributed by atoms with Crippen LogP contribution in [0.25, 0.3) is 22.8 Å². The predicted molar refractivity (Wildman–Crippen MR) is 125 cm³/mol. The van der Waals surface area contributed by atoms with Crippen LogP contribution >= 0.6 is 12.2 Å². The van der Waals surface area contributed by atoms with Crippen molar-refractivity contribution in [3.63, 3.8) is 0 Å². The topological polar surface area (TPSA) is 12.4 Å². The van der Waals surface area contributed by atoms with Crippen LogP contribution in [-0.4, -0.2) is 5.16 Å². The maximum Gasteiger partial charge on any atom is 0.166 e. The number of rotatable bonds is 8. The maximum absolute atomic E-state index is 14.7. The van der Waals surface area contributed by atoms with Crippen LogP contribution in [0.4, 0.5) is 23.2 Å². The van der Waals surface area contributed by atoms with Crippen LogP contribution in [0.2, 0.25) is 0 Å². The van der Waals surface area contributed by atoms with Crippen LogP contribution in [0.1, 0.15) is 42.9 Å². The second-order valence-corrected chi connectivity index (χ2v) is 7.53. The molecule has 32 heavy (non-hydrogen) atoms. The predicted octanol–water partition coefficient (Wildman–Crippen LogP) is 8.86. The van der Waals surface area contributed by atoms with Crippen LogP contribution in [0.3, 0.4) is 0 Å². The van der Waals surface area contributed by atoms with Gasteiger partial charge in [-0.1, -0.05) is 68.3 Å². The number of hydrogen-bond acceptors (Lipinski definition) is 2. The van der Waals surface area contributed by atoms with E-state index in [0.717, 1.165) is 24.0 Å². The Morgan fingerprint density at radius 2 is 1.34 bits per heavy atom. The van der Waals surface area contributed by atoms with Gasteiger partial charge in [0.2, 0.25) is 0 Å². The van der Waals surface area contributed by atoms with Crippen LogP contribution in [0.5, 0.6) is 0 Å². The number of hydrogen-bond donors (Lipinski definition) is 0. The molecule has 0 amide bonds. The van der Waals surface area contributed by atoms with Crippen molar-refractivity contribution in [2.75, 3.05) is 0 Å². The molecule has 3 aromatic carbocycles. The highest BCUT2D eigenvalue weighted by atomic mass is 32.1. The zero-order valence-corrected chi connectivity index (χ0v) is 18.3. The molecular weight excluding hydrogens is 434 g/mol. The molecule has 0 fully saturated rings. The number of halogens is 4. The molecule has 3 rings (SSSR count). The summed E-state index contributed by atoms with van der Waals surface area (Å²) in [6, 6.07) is 15.7. The van der Waals surface area contributed by atoms with Crippen molar-refractivity contribution in [3.8, 4) is 11.1 Å². The Bertz CT molecular complexity index is 1140. The first-order valence-electron chi connectivity index (χ1n) is 10.3. The molecule has 0 saturated heterocycles. The van der Waals surface area contributed by atoms with Gasteiger partial charge in [0.15, 0.2) is 23.3 Å². The molecule has 0 heterocycles. The molecule has 0 aromatic heterocycles. The van der Waals surface area contributed by atoms with Crippen LogP contribution < -0.4 is 0 Å². The van der Waals surface area contributed by atoms with E-state index in [9.17, 15) is 17.6 Å². The zero-order chi connectivity index (χ0) is 23.1. The Morgan fingerprint density at radius 1 is 0.812 bits per heavy atom. The fourth-order valence-corrected chi connectivity index (χ4v) is 3.44. The zero-order valence-electron chi connectivity index (χ0n) is 17.5. The summed E-state index contributed by atoms with van der Waals surface area (Å²) in [5.41, 5.74) is 1.77. The molecule has 3 aromatic rings. The van der Waals surface area contributed by atoms with Gasteiger partial charge >= 0.3 is 0 Å². The molecule has 0 aliphatic heterocycles. The molecule has 0 bridgehead atoms. The smallest absolute Gasteiger partial charge is 0.166 e. The Morgan fingerprint density at radius 3 is 1.88 bits per heavy atom. The minimum absolute atomic E-state index is 0.0377. The highest BCUT2D eigenvalue weighted by Crippen LogP contribution is 2.33. The normalized spacial score (nSPS) is 11.7. The number of nitrogens with zero attached hydrogens (tertiary/aromatic N) is 1. The molecule has 0 aliphatic rings. The van der Waals surface area contributed by atoms with E-state index in [4.69, 9.17) is 0 Å². The molecule has 6 heteroatoms. The summed E-state index contributed by atoms with van der Waals surface area (Å²) in [6.07, 6.45) is 4.55. The number of isothiocyanates is 1. The van der Waals surface area contributed by atoms with E-state index in [2.05, 4.69) is 36.3 Å². The molecule has 0 unspecified atom stereocenters. The number of aryl methyl sites for hydroxylation is 1. The lowest BCUT2D eigenvalue weighted by Gasteiger charge is -2.07. The summed E-state index contributed by atoms with van der Waals surface area (Å²) in [6.45, 7) is 2.17. The van der Waals surface area contributed by atoms with Gasteiger partial charge in [-0.2, -0.15) is 4.99 Å². The summed E-state index contributed by atoms with van der Waals surface area (Å²) in [7, 11) is 0. The largest absolute Gasteiger partial charge is 0.204 e. The van der Waals surface area contributed by atoms with Crippen molar-refractivity contribution in [2.24, 2.45) is 4.99 Å². The molecule has 0 N–H and O–H groups in total. The van der Waals surface area contributed by atoms with Crippen molar-refractivity contribution < 1.29 is 17.6 Å². The lowest BCUT2D eigenvalue weighted by Crippen LogP contribution is -1.90. The van der Waals surface area contributed by atoms with E-state index >= 15 is 0 Å². The molecule has 0 atom stereocenters. The number of benzene rings is 3. The SMILES string of the molecule is CCCCCc1ccc(-c2ccc(/C(F)=C(\F)c3cc(F)c(N=C=S)c(F)c3)cc2)cc1. The van der Waals surface area contributed by atoms with Gasteiger partial charge in [0, 0.05) is 11.1 Å². The summed E-state index contributed by atoms with van der Waals surface area (Å²) in [5.74, 6) is -4.90. The summed E-state index contributed by atoms with van der Waals surface area (Å²) in [5, 5.41) is 1.84. The first-order valence-corrected chi connectivity index (χ1v) is 10.7. The van der Waals surface area contributed by atoms with Gasteiger partial charge in [-0.3, -0.25) is 0 Å². The number of thiocarbonyl (C=S) groups is 1. The average molecular weight is 456 g/mol. The second kappa shape index (κ2) is 11.0. The highest BCUT2D eigenvalue weighted by Gasteiger charge is 2.17. The van der Waals surface area contributed by atoms with Crippen LogP contribution in [-0.2, 0) is 6.42 Å². The molecule has 164 valence electrons. The number of aliphatic imine (C=N–C) groups is 1. The van der Waals surface area contributed by atoms with E-state index in [1.807, 2.05) is 17.3 Å². The lowest BCUT2D eigenvalue weighted by molar-refractivity contribution is 0.585. The minimum Gasteiger partial charge on any atom is -0.204 e. The van der Waals surface area contributed by atoms with Crippen molar-refractivity contribution in [2.45, 2.75) is 32.6 Å². The molecule has 0 spiro atoms. The fourth-order valence-electron chi connectivity index (χ4n) is 3.35. The summed E-state index contributed by atoms with van der Waals surface area (Å²) in [4.78, 5) is 3.25. The van der Waals surface area contributed by atoms with Gasteiger partial charge in [0.1, 0.15) is 5.69 Å². The molecular formula is C26H21F4NS. The third kappa shape index (κ3) is 5.58. The number of unbranched alkanes of at least 4 members (excludes halogenated alkanes) is 2. The van der Waals surface area contributed by atoms with Crippen molar-refractivity contribution in [3.05, 3.63) is 89.0 Å².